The van der Waals surface area contributed by atoms with E-state index in [0.717, 1.165) is 108 Å². The molecule has 5 atom stereocenters. The third kappa shape index (κ3) is 74.1. The lowest BCUT2D eigenvalue weighted by atomic mass is 10.0. The van der Waals surface area contributed by atoms with Crippen molar-refractivity contribution in [1.29, 1.82) is 0 Å². The zero-order chi connectivity index (χ0) is 73.0. The lowest BCUT2D eigenvalue weighted by molar-refractivity contribution is -0.161. The molecule has 2 unspecified atom stereocenters. The van der Waals surface area contributed by atoms with E-state index in [1.807, 2.05) is 0 Å². The Bertz CT molecular complexity index is 1920. The summed E-state index contributed by atoms with van der Waals surface area (Å²) in [5.74, 6) is 0.0782. The van der Waals surface area contributed by atoms with Crippen LogP contribution in [-0.2, 0) is 65.4 Å². The molecule has 0 heterocycles. The number of rotatable bonds is 78. The number of unbranched alkanes of at least 4 members (excludes halogenated alkanes) is 46. The van der Waals surface area contributed by atoms with Crippen molar-refractivity contribution in [1.82, 2.24) is 0 Å². The van der Waals surface area contributed by atoms with Crippen LogP contribution in [0.2, 0.25) is 0 Å². The lowest BCUT2D eigenvalue weighted by Gasteiger charge is -2.21. The highest BCUT2D eigenvalue weighted by Crippen LogP contribution is 2.45. The van der Waals surface area contributed by atoms with Crippen molar-refractivity contribution in [2.24, 2.45) is 17.8 Å². The van der Waals surface area contributed by atoms with Crippen molar-refractivity contribution in [3.63, 3.8) is 0 Å². The molecule has 0 saturated carbocycles. The second-order valence-electron chi connectivity index (χ2n) is 30.2. The fraction of sp³-hybridized carbons (Fsp3) is 0.950. The summed E-state index contributed by atoms with van der Waals surface area (Å²) in [5.41, 5.74) is 0. The molecule has 0 aliphatic rings. The first-order chi connectivity index (χ1) is 47.7. The van der Waals surface area contributed by atoms with E-state index in [1.54, 1.807) is 0 Å². The van der Waals surface area contributed by atoms with Gasteiger partial charge in [-0.3, -0.25) is 37.3 Å². The van der Waals surface area contributed by atoms with Gasteiger partial charge in [0.1, 0.15) is 19.3 Å². The topological polar surface area (TPSA) is 237 Å². The molecule has 0 rings (SSSR count). The maximum absolute atomic E-state index is 13.1. The zero-order valence-electron chi connectivity index (χ0n) is 65.0. The molecule has 0 aliphatic carbocycles. The molecule has 19 heteroatoms. The van der Waals surface area contributed by atoms with E-state index < -0.39 is 97.5 Å². The van der Waals surface area contributed by atoms with Crippen LogP contribution in [0, 0.1) is 17.8 Å². The summed E-state index contributed by atoms with van der Waals surface area (Å²) in [4.78, 5) is 72.9. The first kappa shape index (κ1) is 97.1. The number of hydrogen-bond donors (Lipinski definition) is 3. The number of carbonyl (C=O) groups excluding carboxylic acids is 4. The fourth-order valence-corrected chi connectivity index (χ4v) is 13.9. The Morgan fingerprint density at radius 2 is 0.465 bits per heavy atom. The van der Waals surface area contributed by atoms with Crippen LogP contribution in [0.1, 0.15) is 414 Å². The minimum Gasteiger partial charge on any atom is -0.462 e. The number of carbonyl (C=O) groups is 4. The average molecular weight is 1450 g/mol. The second kappa shape index (κ2) is 70.4. The molecular weight excluding hydrogens is 1290 g/mol. The van der Waals surface area contributed by atoms with Gasteiger partial charge in [-0.25, -0.2) is 9.13 Å². The van der Waals surface area contributed by atoms with Gasteiger partial charge in [-0.2, -0.15) is 0 Å². The van der Waals surface area contributed by atoms with Crippen LogP contribution in [-0.4, -0.2) is 96.7 Å². The predicted molar refractivity (Wildman–Crippen MR) is 405 cm³/mol. The van der Waals surface area contributed by atoms with Crippen molar-refractivity contribution in [2.45, 2.75) is 433 Å². The Hall–Kier alpha value is -1.94. The third-order valence-electron chi connectivity index (χ3n) is 18.6. The van der Waals surface area contributed by atoms with E-state index in [4.69, 9.17) is 37.0 Å². The summed E-state index contributed by atoms with van der Waals surface area (Å²) in [5, 5.41) is 10.6. The predicted octanol–water partition coefficient (Wildman–Crippen LogP) is 23.7. The van der Waals surface area contributed by atoms with Gasteiger partial charge in [-0.15, -0.1) is 0 Å². The van der Waals surface area contributed by atoms with Crippen LogP contribution in [0.5, 0.6) is 0 Å². The number of aliphatic hydroxyl groups excluding tert-OH is 1. The molecule has 0 aliphatic heterocycles. The molecule has 17 nitrogen and oxygen atoms in total. The van der Waals surface area contributed by atoms with Crippen molar-refractivity contribution < 1.29 is 80.2 Å². The van der Waals surface area contributed by atoms with Crippen molar-refractivity contribution >= 4 is 39.5 Å². The lowest BCUT2D eigenvalue weighted by Crippen LogP contribution is -2.30. The molecule has 0 bridgehead atoms. The van der Waals surface area contributed by atoms with E-state index >= 15 is 0 Å². The molecule has 588 valence electrons. The number of aliphatic hydroxyl groups is 1. The molecule has 0 aromatic rings. The Morgan fingerprint density at radius 1 is 0.273 bits per heavy atom. The van der Waals surface area contributed by atoms with Crippen molar-refractivity contribution in [3.05, 3.63) is 0 Å². The minimum atomic E-state index is -4.96. The Kier molecular flexibility index (Phi) is 69.0. The maximum Gasteiger partial charge on any atom is 0.472 e. The molecule has 0 amide bonds. The van der Waals surface area contributed by atoms with E-state index in [0.29, 0.717) is 31.6 Å². The molecule has 0 spiro atoms. The molecule has 0 fully saturated rings. The monoisotopic (exact) mass is 1450 g/mol. The van der Waals surface area contributed by atoms with E-state index in [9.17, 15) is 43.2 Å². The van der Waals surface area contributed by atoms with Crippen LogP contribution in [0.4, 0.5) is 0 Å². The summed E-state index contributed by atoms with van der Waals surface area (Å²) in [6.45, 7) is 11.8. The highest BCUT2D eigenvalue weighted by Gasteiger charge is 2.30. The summed E-state index contributed by atoms with van der Waals surface area (Å²) in [7, 11) is -9.92. The molecule has 3 N–H and O–H groups in total. The van der Waals surface area contributed by atoms with Gasteiger partial charge in [0.05, 0.1) is 26.4 Å². The Morgan fingerprint density at radius 3 is 0.687 bits per heavy atom. The van der Waals surface area contributed by atoms with Gasteiger partial charge in [-0.1, -0.05) is 363 Å². The van der Waals surface area contributed by atoms with Crippen LogP contribution in [0.25, 0.3) is 0 Å². The number of esters is 4. The standard InChI is InChI=1S/C80H156O17P2/c1-8-9-10-11-12-13-14-15-16-17-18-19-20-21-22-23-28-31-34-40-49-56-63-79(84)96-75(67-90-77(82)61-54-47-39-33-30-27-25-24-26-29-32-37-44-51-58-71(2)3)69-94-98(86,87)92-65-74(81)66-93-99(88,89)95-70-76(68-91-78(83)62-55-48-43-42-46-53-60-73(6)7)97-80(85)64-57-50-41-36-35-38-45-52-59-72(4)5/h71-76,81H,8-70H2,1-7H3,(H,86,87)(H,88,89)/t74-,75-,76-/m1/s1. The SMILES string of the molecule is CCCCCCCCCCCCCCCCCCCCCCCCC(=O)O[C@H](COC(=O)CCCCCCCCCCCCCCCCC(C)C)COP(=O)(O)OC[C@@H](O)COP(=O)(O)OC[C@@H](COC(=O)CCCCCCCCC(C)C)OC(=O)CCCCCCCCCCC(C)C. The van der Waals surface area contributed by atoms with Crippen molar-refractivity contribution in [2.75, 3.05) is 39.6 Å². The summed E-state index contributed by atoms with van der Waals surface area (Å²) >= 11 is 0. The molecule has 0 aromatic heterocycles. The number of phosphoric ester groups is 2. The second-order valence-corrected chi connectivity index (χ2v) is 33.1. The maximum atomic E-state index is 13.1. The Balaban J connectivity index is 5.19. The highest BCUT2D eigenvalue weighted by atomic mass is 31.2. The first-order valence-electron chi connectivity index (χ1n) is 41.3. The summed E-state index contributed by atoms with van der Waals surface area (Å²) in [6, 6.07) is 0. The van der Waals surface area contributed by atoms with Crippen LogP contribution >= 0.6 is 15.6 Å². The molecular formula is C80H156O17P2. The highest BCUT2D eigenvalue weighted by molar-refractivity contribution is 7.47. The Labute approximate surface area is 607 Å². The van der Waals surface area contributed by atoms with E-state index in [2.05, 4.69) is 48.5 Å². The van der Waals surface area contributed by atoms with E-state index in [-0.39, 0.29) is 25.7 Å². The van der Waals surface area contributed by atoms with Gasteiger partial charge in [0, 0.05) is 25.7 Å². The van der Waals surface area contributed by atoms with Crippen LogP contribution in [0.3, 0.4) is 0 Å². The zero-order valence-corrected chi connectivity index (χ0v) is 66.8. The van der Waals surface area contributed by atoms with Gasteiger partial charge in [0.2, 0.25) is 0 Å². The number of ether oxygens (including phenoxy) is 4. The number of hydrogen-bond acceptors (Lipinski definition) is 15. The molecule has 99 heavy (non-hydrogen) atoms. The smallest absolute Gasteiger partial charge is 0.462 e. The van der Waals surface area contributed by atoms with Gasteiger partial charge >= 0.3 is 39.5 Å². The van der Waals surface area contributed by atoms with Gasteiger partial charge < -0.3 is 33.8 Å². The molecule has 0 saturated heterocycles. The third-order valence-corrected chi connectivity index (χ3v) is 20.5. The first-order valence-corrected chi connectivity index (χ1v) is 44.3. The van der Waals surface area contributed by atoms with Gasteiger partial charge in [0.15, 0.2) is 12.2 Å². The van der Waals surface area contributed by atoms with Gasteiger partial charge in [-0.05, 0) is 43.4 Å². The summed E-state index contributed by atoms with van der Waals surface area (Å²) < 4.78 is 68.6. The largest absolute Gasteiger partial charge is 0.472 e. The van der Waals surface area contributed by atoms with Gasteiger partial charge in [0.25, 0.3) is 0 Å². The van der Waals surface area contributed by atoms with Crippen LogP contribution in [0.15, 0.2) is 0 Å². The summed E-state index contributed by atoms with van der Waals surface area (Å²) in [6.07, 6.45) is 58.7. The van der Waals surface area contributed by atoms with E-state index in [1.165, 1.54) is 218 Å². The average Bonchev–Trinajstić information content (AvgIpc) is 1.18. The van der Waals surface area contributed by atoms with Crippen LogP contribution < -0.4 is 0 Å². The molecule has 0 radical (unpaired) electrons. The van der Waals surface area contributed by atoms with Crippen molar-refractivity contribution in [3.8, 4) is 0 Å². The fourth-order valence-electron chi connectivity index (χ4n) is 12.3. The number of phosphoric acid groups is 2. The quantitative estimate of drug-likeness (QED) is 0.0222. The normalized spacial score (nSPS) is 14.0. The molecule has 0 aromatic carbocycles. The minimum absolute atomic E-state index is 0.103.